The van der Waals surface area contributed by atoms with Gasteiger partial charge in [-0.3, -0.25) is 4.68 Å². The Morgan fingerprint density at radius 3 is 2.68 bits per heavy atom. The van der Waals surface area contributed by atoms with Crippen LogP contribution in [0.15, 0.2) is 42.7 Å². The van der Waals surface area contributed by atoms with Crippen molar-refractivity contribution in [2.75, 3.05) is 5.88 Å². The number of alkyl halides is 1. The zero-order valence-electron chi connectivity index (χ0n) is 11.2. The number of hydrogen-bond donors (Lipinski definition) is 1. The maximum absolute atomic E-state index is 6.03. The van der Waals surface area contributed by atoms with E-state index in [0.29, 0.717) is 5.88 Å². The van der Waals surface area contributed by atoms with Gasteiger partial charge in [-0.1, -0.05) is 30.3 Å². The van der Waals surface area contributed by atoms with Crippen LogP contribution in [0.4, 0.5) is 0 Å². The molecule has 0 amide bonds. The highest BCUT2D eigenvalue weighted by Gasteiger charge is 2.08. The minimum Gasteiger partial charge on any atom is -0.308 e. The third-order valence-corrected chi connectivity index (χ3v) is 3.49. The molecule has 0 radical (unpaired) electrons. The third-order valence-electron chi connectivity index (χ3n) is 3.12. The van der Waals surface area contributed by atoms with Crippen LogP contribution in [0.25, 0.3) is 0 Å². The highest BCUT2D eigenvalue weighted by atomic mass is 35.5. The van der Waals surface area contributed by atoms with E-state index in [2.05, 4.69) is 47.8 Å². The molecule has 0 fully saturated rings. The molecular formula is C15H20ClN3. The Hall–Kier alpha value is -1.32. The Labute approximate surface area is 119 Å². The second-order valence-electron chi connectivity index (χ2n) is 4.63. The van der Waals surface area contributed by atoms with E-state index in [0.717, 1.165) is 19.5 Å². The highest BCUT2D eigenvalue weighted by Crippen LogP contribution is 2.06. The van der Waals surface area contributed by atoms with Crippen molar-refractivity contribution in [2.45, 2.75) is 32.5 Å². The summed E-state index contributed by atoms with van der Waals surface area (Å²) in [6.45, 7) is 3.80. The molecule has 1 aromatic heterocycles. The summed E-state index contributed by atoms with van der Waals surface area (Å²) < 4.78 is 1.93. The van der Waals surface area contributed by atoms with Crippen LogP contribution < -0.4 is 5.32 Å². The quantitative estimate of drug-likeness (QED) is 0.789. The van der Waals surface area contributed by atoms with Gasteiger partial charge in [-0.25, -0.2) is 0 Å². The summed E-state index contributed by atoms with van der Waals surface area (Å²) in [6, 6.07) is 10.7. The molecule has 0 aliphatic heterocycles. The molecule has 102 valence electrons. The number of halogens is 1. The van der Waals surface area contributed by atoms with Crippen LogP contribution in [0.3, 0.4) is 0 Å². The lowest BCUT2D eigenvalue weighted by Gasteiger charge is -2.15. The third kappa shape index (κ3) is 4.37. The largest absolute Gasteiger partial charge is 0.308 e. The van der Waals surface area contributed by atoms with E-state index >= 15 is 0 Å². The monoisotopic (exact) mass is 277 g/mol. The van der Waals surface area contributed by atoms with Crippen molar-refractivity contribution in [3.63, 3.8) is 0 Å². The molecule has 0 aliphatic rings. The molecule has 0 spiro atoms. The number of nitrogens with zero attached hydrogens (tertiary/aromatic N) is 2. The van der Waals surface area contributed by atoms with E-state index in [1.165, 1.54) is 11.1 Å². The van der Waals surface area contributed by atoms with Gasteiger partial charge in [0, 0.05) is 36.8 Å². The predicted octanol–water partition coefficient (Wildman–Crippen LogP) is 2.84. The van der Waals surface area contributed by atoms with Crippen molar-refractivity contribution in [1.29, 1.82) is 0 Å². The van der Waals surface area contributed by atoms with E-state index < -0.39 is 0 Å². The Morgan fingerprint density at radius 1 is 1.26 bits per heavy atom. The van der Waals surface area contributed by atoms with Crippen LogP contribution in [0.5, 0.6) is 0 Å². The number of nitrogens with one attached hydrogen (secondary N) is 1. The first-order valence-corrected chi connectivity index (χ1v) is 7.20. The topological polar surface area (TPSA) is 29.9 Å². The molecule has 0 aliphatic carbocycles. The molecule has 1 unspecified atom stereocenters. The summed E-state index contributed by atoms with van der Waals surface area (Å²) in [5.74, 6) is 0.608. The Bertz CT molecular complexity index is 481. The van der Waals surface area contributed by atoms with Crippen LogP contribution in [0.1, 0.15) is 18.1 Å². The fourth-order valence-corrected chi connectivity index (χ4v) is 2.23. The highest BCUT2D eigenvalue weighted by molar-refractivity contribution is 6.18. The average Bonchev–Trinajstić information content (AvgIpc) is 2.92. The van der Waals surface area contributed by atoms with Crippen molar-refractivity contribution in [2.24, 2.45) is 0 Å². The summed E-state index contributed by atoms with van der Waals surface area (Å²) in [6.07, 6.45) is 4.93. The molecular weight excluding hydrogens is 258 g/mol. The van der Waals surface area contributed by atoms with Crippen molar-refractivity contribution >= 4 is 11.6 Å². The van der Waals surface area contributed by atoms with Gasteiger partial charge in [-0.05, 0) is 18.9 Å². The van der Waals surface area contributed by atoms with Gasteiger partial charge in [0.1, 0.15) is 0 Å². The maximum Gasteiger partial charge on any atom is 0.0534 e. The van der Waals surface area contributed by atoms with E-state index in [9.17, 15) is 0 Å². The first-order valence-electron chi connectivity index (χ1n) is 6.66. The second kappa shape index (κ2) is 7.31. The Morgan fingerprint density at radius 2 is 2.05 bits per heavy atom. The summed E-state index contributed by atoms with van der Waals surface area (Å²) in [4.78, 5) is 0. The average molecular weight is 278 g/mol. The van der Waals surface area contributed by atoms with Crippen LogP contribution in [0.2, 0.25) is 0 Å². The lowest BCUT2D eigenvalue weighted by atomic mass is 10.1. The predicted molar refractivity (Wildman–Crippen MR) is 79.4 cm³/mol. The number of benzene rings is 1. The number of aromatic nitrogens is 2. The Kier molecular flexibility index (Phi) is 5.43. The van der Waals surface area contributed by atoms with Crippen molar-refractivity contribution < 1.29 is 0 Å². The molecule has 3 nitrogen and oxygen atoms in total. The molecule has 0 saturated heterocycles. The summed E-state index contributed by atoms with van der Waals surface area (Å²) in [7, 11) is 0. The molecule has 0 saturated carbocycles. The van der Waals surface area contributed by atoms with Gasteiger partial charge in [-0.2, -0.15) is 5.10 Å². The number of rotatable bonds is 7. The normalized spacial score (nSPS) is 12.5. The molecule has 0 bridgehead atoms. The molecule has 1 atom stereocenters. The Balaban J connectivity index is 1.85. The van der Waals surface area contributed by atoms with E-state index in [1.807, 2.05) is 16.9 Å². The zero-order valence-corrected chi connectivity index (χ0v) is 12.0. The van der Waals surface area contributed by atoms with Crippen molar-refractivity contribution in [3.8, 4) is 0 Å². The number of aryl methyl sites for hydroxylation is 1. The van der Waals surface area contributed by atoms with E-state index in [1.54, 1.807) is 0 Å². The van der Waals surface area contributed by atoms with Gasteiger partial charge < -0.3 is 5.32 Å². The fraction of sp³-hybridized carbons (Fsp3) is 0.400. The maximum atomic E-state index is 6.03. The minimum atomic E-state index is 0.286. The van der Waals surface area contributed by atoms with Crippen LogP contribution >= 0.6 is 11.6 Å². The van der Waals surface area contributed by atoms with E-state index in [4.69, 9.17) is 11.6 Å². The first kappa shape index (κ1) is 14.1. The lowest BCUT2D eigenvalue weighted by molar-refractivity contribution is 0.549. The molecule has 4 heteroatoms. The van der Waals surface area contributed by atoms with Crippen LogP contribution in [-0.2, 0) is 19.5 Å². The van der Waals surface area contributed by atoms with E-state index in [-0.39, 0.29) is 6.04 Å². The van der Waals surface area contributed by atoms with Gasteiger partial charge >= 0.3 is 0 Å². The van der Waals surface area contributed by atoms with Crippen LogP contribution in [0, 0.1) is 0 Å². The molecule has 2 aromatic rings. The molecule has 2 rings (SSSR count). The summed E-state index contributed by atoms with van der Waals surface area (Å²) in [5.41, 5.74) is 2.51. The number of hydrogen-bond acceptors (Lipinski definition) is 2. The van der Waals surface area contributed by atoms with Gasteiger partial charge in [0.05, 0.1) is 6.20 Å². The molecule has 1 aromatic carbocycles. The molecule has 1 heterocycles. The lowest BCUT2D eigenvalue weighted by Crippen LogP contribution is -2.32. The van der Waals surface area contributed by atoms with Gasteiger partial charge in [0.25, 0.3) is 0 Å². The summed E-state index contributed by atoms with van der Waals surface area (Å²) in [5, 5.41) is 7.75. The van der Waals surface area contributed by atoms with Gasteiger partial charge in [0.2, 0.25) is 0 Å². The molecule has 1 N–H and O–H groups in total. The minimum absolute atomic E-state index is 0.286. The zero-order chi connectivity index (χ0) is 13.5. The van der Waals surface area contributed by atoms with Crippen molar-refractivity contribution in [3.05, 3.63) is 53.9 Å². The first-order chi connectivity index (χ1) is 9.31. The smallest absolute Gasteiger partial charge is 0.0534 e. The second-order valence-corrected chi connectivity index (χ2v) is 4.93. The fourth-order valence-electron chi connectivity index (χ4n) is 2.01. The van der Waals surface area contributed by atoms with Gasteiger partial charge in [0.15, 0.2) is 0 Å². The van der Waals surface area contributed by atoms with Crippen LogP contribution in [-0.4, -0.2) is 21.7 Å². The summed E-state index contributed by atoms with van der Waals surface area (Å²) >= 11 is 6.03. The SMILES string of the molecule is CCn1cc(CNC(CCl)Cc2ccccc2)cn1. The standard InChI is InChI=1S/C15H20ClN3/c1-2-19-12-14(11-18-19)10-17-15(9-16)8-13-6-4-3-5-7-13/h3-7,11-12,15,17H,2,8-10H2,1H3. The van der Waals surface area contributed by atoms with Crippen molar-refractivity contribution in [1.82, 2.24) is 15.1 Å². The van der Waals surface area contributed by atoms with Gasteiger partial charge in [-0.15, -0.1) is 11.6 Å². The molecule has 19 heavy (non-hydrogen) atoms.